The summed E-state index contributed by atoms with van der Waals surface area (Å²) < 4.78 is 0. The van der Waals surface area contributed by atoms with Crippen LogP contribution in [0.15, 0.2) is 24.3 Å². The number of nitrogens with zero attached hydrogens (tertiary/aromatic N) is 2. The summed E-state index contributed by atoms with van der Waals surface area (Å²) in [6, 6.07) is 7.92. The molecule has 0 fully saturated rings. The van der Waals surface area contributed by atoms with Crippen LogP contribution < -0.4 is 5.32 Å². The number of hydrogen-bond donors (Lipinski definition) is 2. The summed E-state index contributed by atoms with van der Waals surface area (Å²) in [5, 5.41) is 11.9. The number of hydrogen-bond acceptors (Lipinski definition) is 4. The normalized spacial score (nSPS) is 12.3. The third-order valence-corrected chi connectivity index (χ3v) is 3.16. The molecule has 0 spiro atoms. The van der Waals surface area contributed by atoms with Crippen LogP contribution in [-0.4, -0.2) is 27.1 Å². The maximum atomic E-state index is 10.5. The quantitative estimate of drug-likeness (QED) is 0.846. The molecule has 5 heteroatoms. The SMILES string of the molecule is Cc1nc2ccccc2nc1NC(C)CCCC(=O)O. The molecule has 2 rings (SSSR count). The average molecular weight is 273 g/mol. The number of anilines is 1. The van der Waals surface area contributed by atoms with Crippen molar-refractivity contribution < 1.29 is 9.90 Å². The maximum absolute atomic E-state index is 10.5. The van der Waals surface area contributed by atoms with Crippen LogP contribution in [0.25, 0.3) is 11.0 Å². The van der Waals surface area contributed by atoms with Crippen molar-refractivity contribution in [1.82, 2.24) is 9.97 Å². The molecule has 0 amide bonds. The number of fused-ring (bicyclic) bond motifs is 1. The van der Waals surface area contributed by atoms with Gasteiger partial charge in [0.05, 0.1) is 16.7 Å². The molecule has 1 unspecified atom stereocenters. The van der Waals surface area contributed by atoms with Crippen molar-refractivity contribution in [3.05, 3.63) is 30.0 Å². The van der Waals surface area contributed by atoms with Crippen LogP contribution in [0.1, 0.15) is 31.9 Å². The first kappa shape index (κ1) is 14.2. The van der Waals surface area contributed by atoms with Crippen LogP contribution in [0.2, 0.25) is 0 Å². The van der Waals surface area contributed by atoms with Gasteiger partial charge in [0, 0.05) is 12.5 Å². The van der Waals surface area contributed by atoms with Crippen LogP contribution in [0, 0.1) is 6.92 Å². The highest BCUT2D eigenvalue weighted by molar-refractivity contribution is 5.76. The summed E-state index contributed by atoms with van der Waals surface area (Å²) in [5.41, 5.74) is 2.60. The van der Waals surface area contributed by atoms with Crippen LogP contribution in [0.4, 0.5) is 5.82 Å². The van der Waals surface area contributed by atoms with Crippen molar-refractivity contribution in [2.45, 2.75) is 39.2 Å². The number of carboxylic acids is 1. The van der Waals surface area contributed by atoms with E-state index in [-0.39, 0.29) is 12.5 Å². The predicted octanol–water partition coefficient (Wildman–Crippen LogP) is 2.99. The number of rotatable bonds is 6. The number of benzene rings is 1. The molecule has 1 atom stereocenters. The minimum Gasteiger partial charge on any atom is -0.481 e. The number of carbonyl (C=O) groups is 1. The molecule has 0 aliphatic rings. The van der Waals surface area contributed by atoms with Crippen molar-refractivity contribution in [3.63, 3.8) is 0 Å². The molecule has 20 heavy (non-hydrogen) atoms. The fourth-order valence-corrected chi connectivity index (χ4v) is 2.09. The van der Waals surface area contributed by atoms with E-state index < -0.39 is 5.97 Å². The summed E-state index contributed by atoms with van der Waals surface area (Å²) >= 11 is 0. The molecule has 0 saturated heterocycles. The van der Waals surface area contributed by atoms with E-state index >= 15 is 0 Å². The van der Waals surface area contributed by atoms with Crippen molar-refractivity contribution in [2.24, 2.45) is 0 Å². The Kier molecular flexibility index (Phi) is 4.50. The summed E-state index contributed by atoms with van der Waals surface area (Å²) in [4.78, 5) is 19.6. The third kappa shape index (κ3) is 3.66. The zero-order valence-corrected chi connectivity index (χ0v) is 11.8. The lowest BCUT2D eigenvalue weighted by Gasteiger charge is -2.15. The van der Waals surface area contributed by atoms with Crippen molar-refractivity contribution in [2.75, 3.05) is 5.32 Å². The summed E-state index contributed by atoms with van der Waals surface area (Å²) in [5.74, 6) is 0.0189. The Labute approximate surface area is 118 Å². The van der Waals surface area contributed by atoms with E-state index in [1.807, 2.05) is 38.1 Å². The molecule has 0 radical (unpaired) electrons. The molecule has 0 bridgehead atoms. The molecule has 1 aromatic heterocycles. The van der Waals surface area contributed by atoms with Crippen LogP contribution in [0.5, 0.6) is 0 Å². The number of para-hydroxylation sites is 2. The second-order valence-corrected chi connectivity index (χ2v) is 4.98. The van der Waals surface area contributed by atoms with Gasteiger partial charge >= 0.3 is 5.97 Å². The Hall–Kier alpha value is -2.17. The number of carboxylic acid groups (broad SMARTS) is 1. The van der Waals surface area contributed by atoms with Gasteiger partial charge in [-0.15, -0.1) is 0 Å². The Bertz CT molecular complexity index is 613. The van der Waals surface area contributed by atoms with Gasteiger partial charge in [0.2, 0.25) is 0 Å². The monoisotopic (exact) mass is 273 g/mol. The van der Waals surface area contributed by atoms with Crippen LogP contribution >= 0.6 is 0 Å². The smallest absolute Gasteiger partial charge is 0.303 e. The fourth-order valence-electron chi connectivity index (χ4n) is 2.09. The molecule has 0 aliphatic heterocycles. The predicted molar refractivity (Wildman–Crippen MR) is 78.8 cm³/mol. The van der Waals surface area contributed by atoms with E-state index in [2.05, 4.69) is 15.3 Å². The lowest BCUT2D eigenvalue weighted by atomic mass is 10.1. The van der Waals surface area contributed by atoms with Crippen LogP contribution in [0.3, 0.4) is 0 Å². The number of nitrogens with one attached hydrogen (secondary N) is 1. The number of aromatic nitrogens is 2. The van der Waals surface area contributed by atoms with Gasteiger partial charge in [0.15, 0.2) is 0 Å². The highest BCUT2D eigenvalue weighted by atomic mass is 16.4. The molecule has 5 nitrogen and oxygen atoms in total. The van der Waals surface area contributed by atoms with Gasteiger partial charge in [-0.05, 0) is 38.8 Å². The van der Waals surface area contributed by atoms with Gasteiger partial charge in [0.25, 0.3) is 0 Å². The molecule has 0 saturated carbocycles. The van der Waals surface area contributed by atoms with E-state index in [0.717, 1.165) is 29.0 Å². The molecule has 1 aromatic carbocycles. The van der Waals surface area contributed by atoms with E-state index in [9.17, 15) is 4.79 Å². The largest absolute Gasteiger partial charge is 0.481 e. The average Bonchev–Trinajstić information content (AvgIpc) is 2.39. The molecule has 2 N–H and O–H groups in total. The maximum Gasteiger partial charge on any atom is 0.303 e. The van der Waals surface area contributed by atoms with E-state index in [0.29, 0.717) is 6.42 Å². The molecule has 1 heterocycles. The summed E-state index contributed by atoms with van der Waals surface area (Å²) in [6.45, 7) is 3.95. The van der Waals surface area contributed by atoms with Crippen molar-refractivity contribution in [3.8, 4) is 0 Å². The van der Waals surface area contributed by atoms with Crippen molar-refractivity contribution >= 4 is 22.8 Å². The third-order valence-electron chi connectivity index (χ3n) is 3.16. The Morgan fingerprint density at radius 2 is 1.95 bits per heavy atom. The second-order valence-electron chi connectivity index (χ2n) is 4.98. The lowest BCUT2D eigenvalue weighted by Crippen LogP contribution is -2.17. The molecular weight excluding hydrogens is 254 g/mol. The first-order chi connectivity index (χ1) is 9.56. The van der Waals surface area contributed by atoms with Gasteiger partial charge in [-0.1, -0.05) is 12.1 Å². The first-order valence-electron chi connectivity index (χ1n) is 6.78. The Morgan fingerprint density at radius 3 is 2.60 bits per heavy atom. The fraction of sp³-hybridized carbons (Fsp3) is 0.400. The highest BCUT2D eigenvalue weighted by Crippen LogP contribution is 2.17. The van der Waals surface area contributed by atoms with Gasteiger partial charge in [-0.25, -0.2) is 9.97 Å². The molecule has 0 aliphatic carbocycles. The number of aliphatic carboxylic acids is 1. The zero-order valence-electron chi connectivity index (χ0n) is 11.8. The standard InChI is InChI=1S/C15H19N3O2/c1-10(6-5-9-14(19)20)16-15-11(2)17-12-7-3-4-8-13(12)18-15/h3-4,7-8,10H,5-6,9H2,1-2H3,(H,16,18)(H,19,20). The van der Waals surface area contributed by atoms with E-state index in [1.54, 1.807) is 0 Å². The highest BCUT2D eigenvalue weighted by Gasteiger charge is 2.09. The Balaban J connectivity index is 2.05. The first-order valence-corrected chi connectivity index (χ1v) is 6.78. The second kappa shape index (κ2) is 6.32. The van der Waals surface area contributed by atoms with Crippen LogP contribution in [-0.2, 0) is 4.79 Å². The Morgan fingerprint density at radius 1 is 1.30 bits per heavy atom. The van der Waals surface area contributed by atoms with Gasteiger partial charge in [0.1, 0.15) is 5.82 Å². The van der Waals surface area contributed by atoms with E-state index in [4.69, 9.17) is 5.11 Å². The minimum absolute atomic E-state index is 0.170. The summed E-state index contributed by atoms with van der Waals surface area (Å²) in [6.07, 6.45) is 1.65. The van der Waals surface area contributed by atoms with Gasteiger partial charge in [-0.3, -0.25) is 4.79 Å². The zero-order chi connectivity index (χ0) is 14.5. The lowest BCUT2D eigenvalue weighted by molar-refractivity contribution is -0.137. The van der Waals surface area contributed by atoms with Gasteiger partial charge in [-0.2, -0.15) is 0 Å². The molecular formula is C15H19N3O2. The number of aryl methyl sites for hydroxylation is 1. The minimum atomic E-state index is -0.751. The van der Waals surface area contributed by atoms with Gasteiger partial charge < -0.3 is 10.4 Å². The van der Waals surface area contributed by atoms with Crippen molar-refractivity contribution in [1.29, 1.82) is 0 Å². The molecule has 106 valence electrons. The van der Waals surface area contributed by atoms with E-state index in [1.165, 1.54) is 0 Å². The molecule has 2 aromatic rings. The topological polar surface area (TPSA) is 75.1 Å². The summed E-state index contributed by atoms with van der Waals surface area (Å²) in [7, 11) is 0.